The number of fused-ring (bicyclic) bond motifs is 3. The van der Waals surface area contributed by atoms with Gasteiger partial charge in [0, 0.05) is 4.88 Å². The standard InChI is InChI=1S/C13H11ClN2S2/c1-2-7-17-13-15-11(14)10-8-5-3-4-6-9(8)18-12(10)16-13/h1H,3-7H2. The molecule has 1 aliphatic carbocycles. The molecule has 0 aliphatic heterocycles. The Kier molecular flexibility index (Phi) is 3.47. The Morgan fingerprint density at radius 2 is 2.17 bits per heavy atom. The van der Waals surface area contributed by atoms with Crippen molar-refractivity contribution in [3.05, 3.63) is 15.6 Å². The SMILES string of the molecule is C#CCSc1nc(Cl)c2c3c(sc2n1)CCCC3. The van der Waals surface area contributed by atoms with Gasteiger partial charge in [0.1, 0.15) is 9.98 Å². The van der Waals surface area contributed by atoms with Crippen molar-refractivity contribution in [3.8, 4) is 12.3 Å². The van der Waals surface area contributed by atoms with Crippen LogP contribution in [-0.4, -0.2) is 15.7 Å². The zero-order valence-corrected chi connectivity index (χ0v) is 12.1. The molecule has 0 fully saturated rings. The summed E-state index contributed by atoms with van der Waals surface area (Å²) in [7, 11) is 0. The van der Waals surface area contributed by atoms with Gasteiger partial charge in [-0.2, -0.15) is 0 Å². The number of halogens is 1. The van der Waals surface area contributed by atoms with Crippen molar-refractivity contribution in [2.45, 2.75) is 30.8 Å². The van der Waals surface area contributed by atoms with Gasteiger partial charge in [0.25, 0.3) is 0 Å². The smallest absolute Gasteiger partial charge is 0.191 e. The zero-order valence-electron chi connectivity index (χ0n) is 9.70. The zero-order chi connectivity index (χ0) is 12.5. The lowest BCUT2D eigenvalue weighted by Crippen LogP contribution is -1.98. The summed E-state index contributed by atoms with van der Waals surface area (Å²) in [5.74, 6) is 3.15. The van der Waals surface area contributed by atoms with E-state index >= 15 is 0 Å². The normalized spacial score (nSPS) is 14.4. The number of thioether (sulfide) groups is 1. The Balaban J connectivity index is 2.11. The Bertz CT molecular complexity index is 642. The van der Waals surface area contributed by atoms with E-state index in [1.165, 1.54) is 35.0 Å². The van der Waals surface area contributed by atoms with Crippen LogP contribution in [0, 0.1) is 12.3 Å². The number of aromatic nitrogens is 2. The molecular weight excluding hydrogens is 284 g/mol. The lowest BCUT2D eigenvalue weighted by molar-refractivity contribution is 0.700. The maximum atomic E-state index is 6.31. The third kappa shape index (κ3) is 2.11. The molecule has 0 spiro atoms. The maximum Gasteiger partial charge on any atom is 0.191 e. The van der Waals surface area contributed by atoms with Gasteiger partial charge < -0.3 is 0 Å². The number of hydrogen-bond donors (Lipinski definition) is 0. The molecule has 0 bridgehead atoms. The van der Waals surface area contributed by atoms with Crippen molar-refractivity contribution in [2.75, 3.05) is 5.75 Å². The van der Waals surface area contributed by atoms with Gasteiger partial charge in [-0.25, -0.2) is 9.97 Å². The van der Waals surface area contributed by atoms with Crippen LogP contribution < -0.4 is 0 Å². The molecule has 0 saturated carbocycles. The lowest BCUT2D eigenvalue weighted by atomic mass is 9.97. The van der Waals surface area contributed by atoms with Crippen LogP contribution in [0.15, 0.2) is 5.16 Å². The van der Waals surface area contributed by atoms with Gasteiger partial charge in [-0.1, -0.05) is 29.3 Å². The fourth-order valence-electron chi connectivity index (χ4n) is 2.27. The largest absolute Gasteiger partial charge is 0.211 e. The highest BCUT2D eigenvalue weighted by molar-refractivity contribution is 7.99. The van der Waals surface area contributed by atoms with Crippen molar-refractivity contribution < 1.29 is 0 Å². The molecule has 0 saturated heterocycles. The average Bonchev–Trinajstić information content (AvgIpc) is 2.74. The number of rotatable bonds is 2. The first kappa shape index (κ1) is 12.3. The van der Waals surface area contributed by atoms with E-state index in [4.69, 9.17) is 18.0 Å². The third-order valence-corrected chi connectivity index (χ3v) is 5.25. The highest BCUT2D eigenvalue weighted by atomic mass is 35.5. The Morgan fingerprint density at radius 1 is 1.33 bits per heavy atom. The molecule has 92 valence electrons. The molecule has 0 aromatic carbocycles. The summed E-state index contributed by atoms with van der Waals surface area (Å²) in [4.78, 5) is 11.4. The minimum absolute atomic E-state index is 0.576. The number of nitrogens with zero attached hydrogens (tertiary/aromatic N) is 2. The summed E-state index contributed by atoms with van der Waals surface area (Å²) in [6.45, 7) is 0. The second kappa shape index (κ2) is 5.08. The first-order valence-corrected chi connectivity index (χ1v) is 8.01. The van der Waals surface area contributed by atoms with Crippen LogP contribution in [0.25, 0.3) is 10.2 Å². The van der Waals surface area contributed by atoms with E-state index in [9.17, 15) is 0 Å². The minimum Gasteiger partial charge on any atom is -0.211 e. The van der Waals surface area contributed by atoms with Crippen LogP contribution in [0.3, 0.4) is 0 Å². The van der Waals surface area contributed by atoms with Crippen LogP contribution in [0.2, 0.25) is 5.15 Å². The van der Waals surface area contributed by atoms with E-state index in [1.807, 2.05) is 0 Å². The predicted octanol–water partition coefficient (Wildman–Crippen LogP) is 3.95. The molecule has 5 heteroatoms. The van der Waals surface area contributed by atoms with Gasteiger partial charge in [0.05, 0.1) is 11.1 Å². The van der Waals surface area contributed by atoms with Crippen molar-refractivity contribution in [1.82, 2.24) is 9.97 Å². The fourth-order valence-corrected chi connectivity index (χ4v) is 4.50. The van der Waals surface area contributed by atoms with Crippen LogP contribution in [0.4, 0.5) is 0 Å². The topological polar surface area (TPSA) is 25.8 Å². The average molecular weight is 295 g/mol. The van der Waals surface area contributed by atoms with Crippen LogP contribution in [-0.2, 0) is 12.8 Å². The first-order chi connectivity index (χ1) is 8.79. The molecule has 0 amide bonds. The number of aryl methyl sites for hydroxylation is 2. The van der Waals surface area contributed by atoms with E-state index < -0.39 is 0 Å². The van der Waals surface area contributed by atoms with E-state index in [0.29, 0.717) is 16.1 Å². The summed E-state index contributed by atoms with van der Waals surface area (Å²) < 4.78 is 0. The molecule has 0 unspecified atom stereocenters. The Labute approximate surface area is 119 Å². The van der Waals surface area contributed by atoms with Gasteiger partial charge in [-0.3, -0.25) is 0 Å². The van der Waals surface area contributed by atoms with E-state index in [0.717, 1.165) is 23.1 Å². The van der Waals surface area contributed by atoms with Crippen LogP contribution in [0.5, 0.6) is 0 Å². The monoisotopic (exact) mass is 294 g/mol. The highest BCUT2D eigenvalue weighted by Gasteiger charge is 2.20. The summed E-state index contributed by atoms with van der Waals surface area (Å²) in [5.41, 5.74) is 1.37. The maximum absolute atomic E-state index is 6.31. The first-order valence-electron chi connectivity index (χ1n) is 5.83. The molecule has 2 aromatic heterocycles. The highest BCUT2D eigenvalue weighted by Crippen LogP contribution is 2.39. The van der Waals surface area contributed by atoms with Crippen molar-refractivity contribution in [1.29, 1.82) is 0 Å². The quantitative estimate of drug-likeness (QED) is 0.363. The van der Waals surface area contributed by atoms with Gasteiger partial charge >= 0.3 is 0 Å². The number of thiophene rings is 1. The molecule has 0 N–H and O–H groups in total. The van der Waals surface area contributed by atoms with E-state index in [2.05, 4.69) is 15.9 Å². The van der Waals surface area contributed by atoms with Crippen molar-refractivity contribution in [3.63, 3.8) is 0 Å². The van der Waals surface area contributed by atoms with Crippen LogP contribution in [0.1, 0.15) is 23.3 Å². The number of hydrogen-bond acceptors (Lipinski definition) is 4. The van der Waals surface area contributed by atoms with Gasteiger partial charge in [0.2, 0.25) is 0 Å². The Hall–Kier alpha value is -0.760. The van der Waals surface area contributed by atoms with E-state index in [1.54, 1.807) is 11.3 Å². The lowest BCUT2D eigenvalue weighted by Gasteiger charge is -2.10. The summed E-state index contributed by atoms with van der Waals surface area (Å²) in [6, 6.07) is 0. The van der Waals surface area contributed by atoms with Gasteiger partial charge in [-0.15, -0.1) is 17.8 Å². The van der Waals surface area contributed by atoms with Crippen molar-refractivity contribution in [2.24, 2.45) is 0 Å². The molecule has 2 nitrogen and oxygen atoms in total. The molecule has 1 aliphatic rings. The molecule has 0 radical (unpaired) electrons. The molecular formula is C13H11ClN2S2. The minimum atomic E-state index is 0.576. The second-order valence-corrected chi connectivity index (χ2v) is 6.56. The molecule has 3 rings (SSSR count). The number of terminal acetylenes is 1. The summed E-state index contributed by atoms with van der Waals surface area (Å²) >= 11 is 9.53. The van der Waals surface area contributed by atoms with Gasteiger partial charge in [-0.05, 0) is 31.2 Å². The third-order valence-electron chi connectivity index (χ3n) is 3.03. The Morgan fingerprint density at radius 3 is 3.00 bits per heavy atom. The molecule has 18 heavy (non-hydrogen) atoms. The van der Waals surface area contributed by atoms with Crippen molar-refractivity contribution >= 4 is 44.9 Å². The summed E-state index contributed by atoms with van der Waals surface area (Å²) in [6.07, 6.45) is 10.0. The fraction of sp³-hybridized carbons (Fsp3) is 0.385. The second-order valence-electron chi connectivity index (χ2n) is 4.18. The van der Waals surface area contributed by atoms with E-state index in [-0.39, 0.29) is 0 Å². The van der Waals surface area contributed by atoms with Gasteiger partial charge in [0.15, 0.2) is 5.16 Å². The predicted molar refractivity (Wildman–Crippen MR) is 78.6 cm³/mol. The van der Waals surface area contributed by atoms with Crippen LogP contribution >= 0.6 is 34.7 Å². The molecule has 0 atom stereocenters. The molecule has 2 aromatic rings. The molecule has 2 heterocycles. The summed E-state index contributed by atoms with van der Waals surface area (Å²) in [5, 5.41) is 2.34.